The van der Waals surface area contributed by atoms with Crippen molar-refractivity contribution in [1.82, 2.24) is 0 Å². The lowest BCUT2D eigenvalue weighted by molar-refractivity contribution is -0.132. The van der Waals surface area contributed by atoms with Crippen molar-refractivity contribution in [3.05, 3.63) is 94.0 Å². The van der Waals surface area contributed by atoms with Crippen LogP contribution in [0.5, 0.6) is 11.5 Å². The third-order valence-corrected chi connectivity index (χ3v) is 5.56. The van der Waals surface area contributed by atoms with E-state index in [1.165, 1.54) is 49.6 Å². The van der Waals surface area contributed by atoms with Gasteiger partial charge < -0.3 is 14.9 Å². The van der Waals surface area contributed by atoms with E-state index in [4.69, 9.17) is 16.3 Å². The molecule has 0 bridgehead atoms. The number of methoxy groups -OCH3 is 1. The summed E-state index contributed by atoms with van der Waals surface area (Å²) in [7, 11) is 1.40. The molecule has 3 aromatic rings. The van der Waals surface area contributed by atoms with Crippen molar-refractivity contribution < 1.29 is 33.3 Å². The van der Waals surface area contributed by atoms with Gasteiger partial charge in [0.15, 0.2) is 0 Å². The fraction of sp³-hybridized carbons (Fsp3) is 0.0833. The van der Waals surface area contributed by atoms with Crippen molar-refractivity contribution in [1.29, 1.82) is 0 Å². The zero-order valence-electron chi connectivity index (χ0n) is 17.1. The van der Waals surface area contributed by atoms with Gasteiger partial charge in [-0.3, -0.25) is 14.5 Å². The van der Waals surface area contributed by atoms with Crippen LogP contribution in [0.2, 0.25) is 5.02 Å². The van der Waals surface area contributed by atoms with Gasteiger partial charge in [0.05, 0.1) is 29.4 Å². The summed E-state index contributed by atoms with van der Waals surface area (Å²) < 4.78 is 33.3. The topological polar surface area (TPSA) is 87.1 Å². The lowest BCUT2D eigenvalue weighted by atomic mass is 9.95. The van der Waals surface area contributed by atoms with E-state index in [9.17, 15) is 28.6 Å². The predicted octanol–water partition coefficient (Wildman–Crippen LogP) is 4.96. The number of hydrogen-bond acceptors (Lipinski definition) is 5. The van der Waals surface area contributed by atoms with Crippen LogP contribution in [0.3, 0.4) is 0 Å². The molecule has 1 amide bonds. The fourth-order valence-electron chi connectivity index (χ4n) is 3.73. The molecule has 1 unspecified atom stereocenters. The number of phenols is 1. The summed E-state index contributed by atoms with van der Waals surface area (Å²) in [5, 5.41) is 21.2. The van der Waals surface area contributed by atoms with Crippen molar-refractivity contribution >= 4 is 34.7 Å². The van der Waals surface area contributed by atoms with Gasteiger partial charge in [-0.25, -0.2) is 8.78 Å². The molecular weight excluding hydrogens is 456 g/mol. The third-order valence-electron chi connectivity index (χ3n) is 5.23. The van der Waals surface area contributed by atoms with Gasteiger partial charge in [0.2, 0.25) is 0 Å². The normalized spacial score (nSPS) is 17.5. The number of rotatable bonds is 4. The lowest BCUT2D eigenvalue weighted by Crippen LogP contribution is -2.30. The van der Waals surface area contributed by atoms with Crippen LogP contribution in [-0.4, -0.2) is 29.0 Å². The maximum absolute atomic E-state index is 14.7. The Morgan fingerprint density at radius 2 is 1.82 bits per heavy atom. The van der Waals surface area contributed by atoms with Crippen LogP contribution in [0.15, 0.2) is 66.2 Å². The molecule has 3 aromatic carbocycles. The highest BCUT2D eigenvalue weighted by Crippen LogP contribution is 2.44. The average molecular weight is 472 g/mol. The van der Waals surface area contributed by atoms with Crippen molar-refractivity contribution in [2.75, 3.05) is 12.0 Å². The van der Waals surface area contributed by atoms with E-state index in [0.29, 0.717) is 11.8 Å². The molecule has 6 nitrogen and oxygen atoms in total. The van der Waals surface area contributed by atoms with Crippen molar-refractivity contribution in [3.63, 3.8) is 0 Å². The average Bonchev–Trinajstić information content (AvgIpc) is 3.04. The molecule has 1 heterocycles. The number of amides is 1. The van der Waals surface area contributed by atoms with E-state index in [2.05, 4.69) is 0 Å². The van der Waals surface area contributed by atoms with Gasteiger partial charge in [-0.15, -0.1) is 0 Å². The smallest absolute Gasteiger partial charge is 0.300 e. The van der Waals surface area contributed by atoms with E-state index < -0.39 is 35.1 Å². The first-order valence-corrected chi connectivity index (χ1v) is 9.99. The van der Waals surface area contributed by atoms with E-state index in [0.717, 1.165) is 17.0 Å². The monoisotopic (exact) mass is 471 g/mol. The predicted molar refractivity (Wildman–Crippen MR) is 117 cm³/mol. The Kier molecular flexibility index (Phi) is 5.78. The first-order chi connectivity index (χ1) is 15.7. The van der Waals surface area contributed by atoms with Gasteiger partial charge in [0.25, 0.3) is 11.7 Å². The number of aromatic hydroxyl groups is 1. The first kappa shape index (κ1) is 22.3. The highest BCUT2D eigenvalue weighted by Gasteiger charge is 2.48. The largest absolute Gasteiger partial charge is 0.508 e. The SMILES string of the molecule is COc1ccc(Cl)c(/C(O)=C2\C(=O)C(=O)N(c3ccc(F)cc3F)C2c2cccc(O)c2)c1. The van der Waals surface area contributed by atoms with Crippen molar-refractivity contribution in [2.24, 2.45) is 0 Å². The molecular formula is C24H16ClF2NO5. The molecule has 0 aromatic heterocycles. The molecule has 0 radical (unpaired) electrons. The number of halogens is 3. The maximum atomic E-state index is 14.7. The Labute approximate surface area is 191 Å². The van der Waals surface area contributed by atoms with Crippen molar-refractivity contribution in [2.45, 2.75) is 6.04 Å². The first-order valence-electron chi connectivity index (χ1n) is 9.61. The molecule has 1 saturated heterocycles. The summed E-state index contributed by atoms with van der Waals surface area (Å²) in [6.07, 6.45) is 0. The van der Waals surface area contributed by atoms with Crippen LogP contribution in [0.4, 0.5) is 14.5 Å². The molecule has 9 heteroatoms. The molecule has 0 aliphatic carbocycles. The number of nitrogens with zero attached hydrogens (tertiary/aromatic N) is 1. The van der Waals surface area contributed by atoms with Crippen LogP contribution in [0.25, 0.3) is 5.76 Å². The van der Waals surface area contributed by atoms with Crippen LogP contribution in [0, 0.1) is 11.6 Å². The Hall–Kier alpha value is -3.91. The van der Waals surface area contributed by atoms with Crippen LogP contribution >= 0.6 is 11.6 Å². The highest BCUT2D eigenvalue weighted by atomic mass is 35.5. The molecule has 2 N–H and O–H groups in total. The van der Waals surface area contributed by atoms with E-state index in [-0.39, 0.29) is 33.2 Å². The number of phenolic OH excluding ortho intramolecular Hbond substituents is 1. The fourth-order valence-corrected chi connectivity index (χ4v) is 3.93. The summed E-state index contributed by atoms with van der Waals surface area (Å²) in [4.78, 5) is 26.9. The number of anilines is 1. The Morgan fingerprint density at radius 3 is 2.48 bits per heavy atom. The van der Waals surface area contributed by atoms with E-state index >= 15 is 0 Å². The highest BCUT2D eigenvalue weighted by molar-refractivity contribution is 6.52. The molecule has 0 saturated carbocycles. The van der Waals surface area contributed by atoms with Gasteiger partial charge in [0.1, 0.15) is 28.9 Å². The standard InChI is InChI=1S/C24H16ClF2NO5/c1-33-15-6-7-17(25)16(11-15)22(30)20-21(12-3-2-4-14(29)9-12)28(24(32)23(20)31)19-8-5-13(26)10-18(19)27/h2-11,21,29-30H,1H3/b22-20+. The number of carbonyl (C=O) groups is 2. The number of ether oxygens (including phenoxy) is 1. The molecule has 1 fully saturated rings. The lowest BCUT2D eigenvalue weighted by Gasteiger charge is -2.26. The van der Waals surface area contributed by atoms with Gasteiger partial charge in [-0.2, -0.15) is 0 Å². The van der Waals surface area contributed by atoms with Gasteiger partial charge in [-0.1, -0.05) is 23.7 Å². The molecule has 1 aliphatic rings. The number of carbonyl (C=O) groups excluding carboxylic acids is 2. The molecule has 0 spiro atoms. The van der Waals surface area contributed by atoms with Crippen LogP contribution in [0.1, 0.15) is 17.2 Å². The zero-order valence-corrected chi connectivity index (χ0v) is 17.8. The molecule has 1 aliphatic heterocycles. The molecule has 33 heavy (non-hydrogen) atoms. The number of ketones is 1. The minimum Gasteiger partial charge on any atom is -0.508 e. The second kappa shape index (κ2) is 8.55. The van der Waals surface area contributed by atoms with Crippen molar-refractivity contribution in [3.8, 4) is 11.5 Å². The van der Waals surface area contributed by atoms with Crippen LogP contribution < -0.4 is 9.64 Å². The number of aliphatic hydroxyl groups excluding tert-OH is 1. The summed E-state index contributed by atoms with van der Waals surface area (Å²) in [5.74, 6) is -4.68. The Balaban J connectivity index is 2.01. The van der Waals surface area contributed by atoms with E-state index in [1.54, 1.807) is 0 Å². The molecule has 4 rings (SSSR count). The van der Waals surface area contributed by atoms with Gasteiger partial charge >= 0.3 is 0 Å². The third kappa shape index (κ3) is 3.89. The van der Waals surface area contributed by atoms with E-state index in [1.807, 2.05) is 0 Å². The zero-order chi connectivity index (χ0) is 23.9. The number of hydrogen-bond donors (Lipinski definition) is 2. The molecule has 168 valence electrons. The van der Waals surface area contributed by atoms with Crippen LogP contribution in [-0.2, 0) is 9.59 Å². The Bertz CT molecular complexity index is 1320. The minimum atomic E-state index is -1.33. The number of Topliss-reactive ketones (excluding diaryl/α,β-unsaturated/α-hetero) is 1. The number of benzene rings is 3. The van der Waals surface area contributed by atoms with Gasteiger partial charge in [-0.05, 0) is 48.0 Å². The second-order valence-electron chi connectivity index (χ2n) is 7.21. The summed E-state index contributed by atoms with van der Waals surface area (Å²) in [6, 6.07) is 11.1. The Morgan fingerprint density at radius 1 is 1.06 bits per heavy atom. The summed E-state index contributed by atoms with van der Waals surface area (Å²) in [6.45, 7) is 0. The summed E-state index contributed by atoms with van der Waals surface area (Å²) >= 11 is 6.22. The molecule has 1 atom stereocenters. The summed E-state index contributed by atoms with van der Waals surface area (Å²) in [5.41, 5.74) is -0.538. The quantitative estimate of drug-likeness (QED) is 0.319. The number of aliphatic hydroxyl groups is 1. The van der Waals surface area contributed by atoms with Gasteiger partial charge in [0, 0.05) is 11.6 Å². The maximum Gasteiger partial charge on any atom is 0.300 e. The second-order valence-corrected chi connectivity index (χ2v) is 7.61. The minimum absolute atomic E-state index is 0.0127.